The summed E-state index contributed by atoms with van der Waals surface area (Å²) in [5.41, 5.74) is 1.38. The van der Waals surface area contributed by atoms with Crippen molar-refractivity contribution in [2.45, 2.75) is 47.1 Å². The topological polar surface area (TPSA) is 35.5 Å². The Bertz CT molecular complexity index is 387. The molecule has 2 aliphatic rings. The average Bonchev–Trinajstić information content (AvgIpc) is 2.34. The van der Waals surface area contributed by atoms with Gasteiger partial charge in [0.1, 0.15) is 0 Å². The normalized spacial score (nSPS) is 41.6. The number of carbonyl (C=O) groups is 1. The molecule has 108 valence electrons. The van der Waals surface area contributed by atoms with E-state index in [-0.39, 0.29) is 11.4 Å². The number of ether oxygens (including phenoxy) is 2. The van der Waals surface area contributed by atoms with Gasteiger partial charge in [-0.15, -0.1) is 0 Å². The Labute approximate surface area is 116 Å². The highest BCUT2D eigenvalue weighted by Gasteiger charge is 2.53. The van der Waals surface area contributed by atoms with Crippen LogP contribution >= 0.6 is 0 Å². The Balaban J connectivity index is 2.31. The Morgan fingerprint density at radius 2 is 2.21 bits per heavy atom. The van der Waals surface area contributed by atoms with Crippen LogP contribution in [-0.4, -0.2) is 25.3 Å². The third-order valence-corrected chi connectivity index (χ3v) is 5.30. The quantitative estimate of drug-likeness (QED) is 0.581. The molecule has 0 unspecified atom stereocenters. The summed E-state index contributed by atoms with van der Waals surface area (Å²) in [6.07, 6.45) is 3.71. The van der Waals surface area contributed by atoms with E-state index in [2.05, 4.69) is 33.8 Å². The van der Waals surface area contributed by atoms with Crippen molar-refractivity contribution in [3.8, 4) is 0 Å². The van der Waals surface area contributed by atoms with Gasteiger partial charge in [-0.3, -0.25) is 4.79 Å². The summed E-state index contributed by atoms with van der Waals surface area (Å²) in [6.45, 7) is 11.6. The SMILES string of the molecule is CC[C@H]1OC[C@@]2(COC(C)=O)[C@H](C)[C@H]1C(C)=C[C@@H]2C. The van der Waals surface area contributed by atoms with E-state index >= 15 is 0 Å². The zero-order valence-corrected chi connectivity index (χ0v) is 12.7. The molecule has 2 bridgehead atoms. The smallest absolute Gasteiger partial charge is 0.302 e. The molecule has 1 aliphatic heterocycles. The number of allylic oxidation sites excluding steroid dienone is 1. The number of rotatable bonds is 3. The molecule has 3 heteroatoms. The van der Waals surface area contributed by atoms with Crippen molar-refractivity contribution in [1.29, 1.82) is 0 Å². The van der Waals surface area contributed by atoms with E-state index in [0.29, 0.717) is 37.1 Å². The standard InChI is InChI=1S/C16H26O3/c1-6-14-15-10(2)7-11(3)16(9-19-14,12(15)4)8-18-13(5)17/h7,11-12,14-15H,6,8-9H2,1-5H3/t11-,12+,14+,15+,16+/m0/s1. The Hall–Kier alpha value is -0.830. The summed E-state index contributed by atoms with van der Waals surface area (Å²) in [4.78, 5) is 11.2. The minimum atomic E-state index is -0.200. The first-order valence-electron chi connectivity index (χ1n) is 7.35. The van der Waals surface area contributed by atoms with Crippen molar-refractivity contribution in [2.24, 2.45) is 23.2 Å². The second-order valence-electron chi connectivity index (χ2n) is 6.28. The van der Waals surface area contributed by atoms with Crippen molar-refractivity contribution in [2.75, 3.05) is 13.2 Å². The Morgan fingerprint density at radius 3 is 2.79 bits per heavy atom. The summed E-state index contributed by atoms with van der Waals surface area (Å²) >= 11 is 0. The van der Waals surface area contributed by atoms with Gasteiger partial charge in [-0.1, -0.05) is 32.4 Å². The lowest BCUT2D eigenvalue weighted by Gasteiger charge is -2.55. The monoisotopic (exact) mass is 266 g/mol. The molecule has 0 spiro atoms. The van der Waals surface area contributed by atoms with E-state index in [9.17, 15) is 4.79 Å². The molecule has 0 saturated carbocycles. The summed E-state index contributed by atoms with van der Waals surface area (Å²) in [5, 5.41) is 0. The van der Waals surface area contributed by atoms with Crippen molar-refractivity contribution >= 4 is 5.97 Å². The van der Waals surface area contributed by atoms with Crippen LogP contribution in [-0.2, 0) is 14.3 Å². The largest absolute Gasteiger partial charge is 0.465 e. The molecule has 0 amide bonds. The van der Waals surface area contributed by atoms with Crippen LogP contribution in [0, 0.1) is 23.2 Å². The molecule has 19 heavy (non-hydrogen) atoms. The highest BCUT2D eigenvalue weighted by Crippen LogP contribution is 2.53. The van der Waals surface area contributed by atoms with Gasteiger partial charge in [-0.2, -0.15) is 0 Å². The zero-order valence-electron chi connectivity index (χ0n) is 12.7. The molecule has 0 aromatic rings. The van der Waals surface area contributed by atoms with Gasteiger partial charge >= 0.3 is 5.97 Å². The third kappa shape index (κ3) is 2.33. The van der Waals surface area contributed by atoms with Gasteiger partial charge in [0, 0.05) is 18.3 Å². The lowest BCUT2D eigenvalue weighted by atomic mass is 9.56. The second-order valence-corrected chi connectivity index (χ2v) is 6.28. The minimum absolute atomic E-state index is 0.0541. The number of carbonyl (C=O) groups excluding carboxylic acids is 1. The average molecular weight is 266 g/mol. The molecule has 0 aromatic carbocycles. The molecule has 0 aromatic heterocycles. The molecule has 0 radical (unpaired) electrons. The van der Waals surface area contributed by atoms with Crippen LogP contribution in [0.1, 0.15) is 41.0 Å². The summed E-state index contributed by atoms with van der Waals surface area (Å²) < 4.78 is 11.5. The maximum atomic E-state index is 11.2. The highest BCUT2D eigenvalue weighted by molar-refractivity contribution is 5.65. The first kappa shape index (κ1) is 14.6. The molecule has 1 heterocycles. The van der Waals surface area contributed by atoms with Gasteiger partial charge in [0.25, 0.3) is 0 Å². The molecular formula is C16H26O3. The Kier molecular flexibility index (Phi) is 4.05. The highest BCUT2D eigenvalue weighted by atomic mass is 16.5. The maximum absolute atomic E-state index is 11.2. The maximum Gasteiger partial charge on any atom is 0.302 e. The van der Waals surface area contributed by atoms with Gasteiger partial charge in [0.15, 0.2) is 0 Å². The van der Waals surface area contributed by atoms with Crippen LogP contribution in [0.3, 0.4) is 0 Å². The van der Waals surface area contributed by atoms with E-state index in [0.717, 1.165) is 6.42 Å². The van der Waals surface area contributed by atoms with Gasteiger partial charge in [-0.25, -0.2) is 0 Å². The van der Waals surface area contributed by atoms with Crippen molar-refractivity contribution in [1.82, 2.24) is 0 Å². The molecule has 5 atom stereocenters. The molecule has 2 rings (SSSR count). The number of fused-ring (bicyclic) bond motifs is 2. The lowest BCUT2D eigenvalue weighted by Crippen LogP contribution is -2.56. The van der Waals surface area contributed by atoms with Crippen molar-refractivity contribution in [3.63, 3.8) is 0 Å². The van der Waals surface area contributed by atoms with Crippen LogP contribution in [0.25, 0.3) is 0 Å². The van der Waals surface area contributed by atoms with Gasteiger partial charge in [0.2, 0.25) is 0 Å². The minimum Gasteiger partial charge on any atom is -0.465 e. The second kappa shape index (κ2) is 5.28. The molecule has 1 saturated heterocycles. The van der Waals surface area contributed by atoms with Crippen LogP contribution in [0.4, 0.5) is 0 Å². The Morgan fingerprint density at radius 1 is 1.53 bits per heavy atom. The predicted octanol–water partition coefficient (Wildman–Crippen LogP) is 3.19. The van der Waals surface area contributed by atoms with Gasteiger partial charge in [-0.05, 0) is 25.2 Å². The third-order valence-electron chi connectivity index (χ3n) is 5.30. The summed E-state index contributed by atoms with van der Waals surface area (Å²) in [5.74, 6) is 1.14. The molecule has 1 aliphatic carbocycles. The van der Waals surface area contributed by atoms with E-state index in [1.54, 1.807) is 0 Å². The fourth-order valence-corrected chi connectivity index (χ4v) is 3.99. The van der Waals surface area contributed by atoms with E-state index in [1.807, 2.05) is 0 Å². The molecule has 0 N–H and O–H groups in total. The van der Waals surface area contributed by atoms with Gasteiger partial charge < -0.3 is 9.47 Å². The van der Waals surface area contributed by atoms with E-state index in [4.69, 9.17) is 9.47 Å². The van der Waals surface area contributed by atoms with E-state index in [1.165, 1.54) is 12.5 Å². The molecular weight excluding hydrogens is 240 g/mol. The van der Waals surface area contributed by atoms with Crippen molar-refractivity contribution in [3.05, 3.63) is 11.6 Å². The van der Waals surface area contributed by atoms with Crippen LogP contribution in [0.2, 0.25) is 0 Å². The van der Waals surface area contributed by atoms with E-state index < -0.39 is 0 Å². The van der Waals surface area contributed by atoms with Crippen LogP contribution < -0.4 is 0 Å². The molecule has 1 fully saturated rings. The number of hydrogen-bond donors (Lipinski definition) is 0. The number of esters is 1. The van der Waals surface area contributed by atoms with Crippen LogP contribution in [0.5, 0.6) is 0 Å². The zero-order chi connectivity index (χ0) is 14.2. The lowest BCUT2D eigenvalue weighted by molar-refractivity contribution is -0.179. The van der Waals surface area contributed by atoms with Crippen molar-refractivity contribution < 1.29 is 14.3 Å². The van der Waals surface area contributed by atoms with Gasteiger partial charge in [0.05, 0.1) is 19.3 Å². The summed E-state index contributed by atoms with van der Waals surface area (Å²) in [7, 11) is 0. The fraction of sp³-hybridized carbons (Fsp3) is 0.812. The van der Waals surface area contributed by atoms with Crippen LogP contribution in [0.15, 0.2) is 11.6 Å². The first-order chi connectivity index (χ1) is 8.92. The first-order valence-corrected chi connectivity index (χ1v) is 7.35. The summed E-state index contributed by atoms with van der Waals surface area (Å²) in [6, 6.07) is 0. The predicted molar refractivity (Wildman–Crippen MR) is 74.7 cm³/mol. The number of hydrogen-bond acceptors (Lipinski definition) is 3. The molecule has 3 nitrogen and oxygen atoms in total. The fourth-order valence-electron chi connectivity index (χ4n) is 3.99.